The fraction of sp³-hybridized carbons (Fsp3) is 0.615. The van der Waals surface area contributed by atoms with Crippen molar-refractivity contribution in [1.29, 1.82) is 0 Å². The quantitative estimate of drug-likeness (QED) is 0.618. The van der Waals surface area contributed by atoms with Crippen LogP contribution in [-0.2, 0) is 11.3 Å². The molecule has 2 heterocycles. The number of aliphatic hydroxyl groups excluding tert-OH is 1. The highest BCUT2D eigenvalue weighted by molar-refractivity contribution is 5.73. The molecule has 1 fully saturated rings. The van der Waals surface area contributed by atoms with Gasteiger partial charge >= 0.3 is 5.69 Å². The van der Waals surface area contributed by atoms with Gasteiger partial charge in [0.25, 0.3) is 5.56 Å². The first kappa shape index (κ1) is 15.5. The third kappa shape index (κ3) is 4.02. The molecule has 0 bridgehead atoms. The van der Waals surface area contributed by atoms with Gasteiger partial charge in [-0.2, -0.15) is 0 Å². The van der Waals surface area contributed by atoms with E-state index in [0.717, 1.165) is 0 Å². The number of H-pyrrole nitrogens is 2. The fourth-order valence-electron chi connectivity index (χ4n) is 2.52. The summed E-state index contributed by atoms with van der Waals surface area (Å²) in [5.41, 5.74) is -0.481. The van der Waals surface area contributed by atoms with E-state index in [1.165, 1.54) is 13.1 Å². The Morgan fingerprint density at radius 3 is 2.76 bits per heavy atom. The average Bonchev–Trinajstić information content (AvgIpc) is 2.64. The summed E-state index contributed by atoms with van der Waals surface area (Å²) in [6.07, 6.45) is 1.41. The number of hydrogen-bond acceptors (Lipinski definition) is 5. The van der Waals surface area contributed by atoms with Crippen molar-refractivity contribution in [3.63, 3.8) is 0 Å². The second-order valence-corrected chi connectivity index (χ2v) is 5.35. The first-order valence-electron chi connectivity index (χ1n) is 6.89. The molecular formula is C13H20N4O4. The Balaban J connectivity index is 2.10. The molecule has 1 aromatic rings. The van der Waals surface area contributed by atoms with Crippen LogP contribution in [0.4, 0.5) is 0 Å². The van der Waals surface area contributed by atoms with E-state index in [-0.39, 0.29) is 18.4 Å². The third-order valence-electron chi connectivity index (χ3n) is 3.67. The summed E-state index contributed by atoms with van der Waals surface area (Å²) < 4.78 is 0. The van der Waals surface area contributed by atoms with E-state index in [0.29, 0.717) is 38.3 Å². The van der Waals surface area contributed by atoms with Crippen molar-refractivity contribution in [2.75, 3.05) is 32.8 Å². The minimum Gasteiger partial charge on any atom is -0.396 e. The van der Waals surface area contributed by atoms with Crippen LogP contribution in [-0.4, -0.2) is 63.6 Å². The fourth-order valence-corrected chi connectivity index (χ4v) is 2.52. The maximum Gasteiger partial charge on any atom is 0.325 e. The van der Waals surface area contributed by atoms with Crippen molar-refractivity contribution in [3.05, 3.63) is 32.6 Å². The van der Waals surface area contributed by atoms with Crippen molar-refractivity contribution in [2.45, 2.75) is 13.5 Å². The van der Waals surface area contributed by atoms with Crippen LogP contribution in [0.15, 0.2) is 15.8 Å². The largest absolute Gasteiger partial charge is 0.396 e. The Bertz CT molecular complexity index is 609. The molecule has 116 valence electrons. The number of nitrogens with one attached hydrogen (secondary N) is 2. The van der Waals surface area contributed by atoms with Gasteiger partial charge < -0.3 is 15.0 Å². The second kappa shape index (κ2) is 6.68. The van der Waals surface area contributed by atoms with Gasteiger partial charge in [0.15, 0.2) is 0 Å². The predicted octanol–water partition coefficient (Wildman–Crippen LogP) is -1.66. The Labute approximate surface area is 121 Å². The molecule has 2 rings (SSSR count). The van der Waals surface area contributed by atoms with E-state index >= 15 is 0 Å². The molecule has 0 saturated carbocycles. The van der Waals surface area contributed by atoms with Crippen LogP contribution < -0.4 is 11.2 Å². The lowest BCUT2D eigenvalue weighted by molar-refractivity contribution is -0.129. The van der Waals surface area contributed by atoms with E-state index in [1.807, 2.05) is 4.90 Å². The zero-order valence-electron chi connectivity index (χ0n) is 12.0. The lowest BCUT2D eigenvalue weighted by atomic mass is 10.1. The van der Waals surface area contributed by atoms with Gasteiger partial charge in [-0.15, -0.1) is 0 Å². The predicted molar refractivity (Wildman–Crippen MR) is 75.8 cm³/mol. The number of nitrogens with zero attached hydrogens (tertiary/aromatic N) is 2. The number of amides is 1. The van der Waals surface area contributed by atoms with Gasteiger partial charge in [0.05, 0.1) is 0 Å². The maximum absolute atomic E-state index is 11.7. The van der Waals surface area contributed by atoms with Gasteiger partial charge in [-0.25, -0.2) is 4.79 Å². The third-order valence-corrected chi connectivity index (χ3v) is 3.67. The van der Waals surface area contributed by atoms with E-state index in [1.54, 1.807) is 4.90 Å². The van der Waals surface area contributed by atoms with Gasteiger partial charge in [-0.1, -0.05) is 0 Å². The van der Waals surface area contributed by atoms with Crippen LogP contribution in [0.1, 0.15) is 12.5 Å². The minimum absolute atomic E-state index is 0.0116. The Morgan fingerprint density at radius 2 is 2.14 bits per heavy atom. The Morgan fingerprint density at radius 1 is 1.38 bits per heavy atom. The summed E-state index contributed by atoms with van der Waals surface area (Å²) in [7, 11) is 0. The van der Waals surface area contributed by atoms with Gasteiger partial charge in [-0.05, 0) is 0 Å². The smallest absolute Gasteiger partial charge is 0.325 e. The topological polar surface area (TPSA) is 110 Å². The molecular weight excluding hydrogens is 276 g/mol. The number of carbonyl (C=O) groups excluding carboxylic acids is 1. The van der Waals surface area contributed by atoms with Gasteiger partial charge in [0.1, 0.15) is 0 Å². The molecule has 1 saturated heterocycles. The number of hydrogen-bond donors (Lipinski definition) is 3. The Hall–Kier alpha value is -1.93. The lowest BCUT2D eigenvalue weighted by Crippen LogP contribution is -2.35. The number of aromatic nitrogens is 2. The molecule has 1 atom stereocenters. The van der Waals surface area contributed by atoms with E-state index < -0.39 is 11.2 Å². The van der Waals surface area contributed by atoms with Crippen LogP contribution in [0.3, 0.4) is 0 Å². The molecule has 1 aliphatic rings. The summed E-state index contributed by atoms with van der Waals surface area (Å²) in [5, 5.41) is 9.41. The molecule has 0 aliphatic carbocycles. The molecule has 0 radical (unpaired) electrons. The lowest BCUT2D eigenvalue weighted by Gasteiger charge is -2.22. The van der Waals surface area contributed by atoms with Crippen LogP contribution >= 0.6 is 0 Å². The van der Waals surface area contributed by atoms with E-state index in [2.05, 4.69) is 9.97 Å². The molecule has 1 aliphatic heterocycles. The van der Waals surface area contributed by atoms with Gasteiger partial charge in [-0.3, -0.25) is 19.5 Å². The molecule has 1 amide bonds. The SMILES string of the molecule is CC(=O)N1CCN(Cc2c[nH]c(=O)[nH]c2=O)C[C@H](CO)C1. The van der Waals surface area contributed by atoms with Crippen LogP contribution in [0.25, 0.3) is 0 Å². The second-order valence-electron chi connectivity index (χ2n) is 5.35. The standard InChI is InChI=1S/C13H20N4O4/c1-9(19)17-3-2-16(5-10(6-17)8-18)7-11-4-14-13(21)15-12(11)20/h4,10,18H,2-3,5-8H2,1H3,(H2,14,15,20,21)/t10-/m0/s1. The van der Waals surface area contributed by atoms with Crippen molar-refractivity contribution in [3.8, 4) is 0 Å². The first-order chi connectivity index (χ1) is 9.99. The molecule has 0 spiro atoms. The molecule has 21 heavy (non-hydrogen) atoms. The molecule has 0 aromatic carbocycles. The van der Waals surface area contributed by atoms with Crippen LogP contribution in [0, 0.1) is 5.92 Å². The average molecular weight is 296 g/mol. The molecule has 0 unspecified atom stereocenters. The van der Waals surface area contributed by atoms with Crippen molar-refractivity contribution >= 4 is 5.91 Å². The highest BCUT2D eigenvalue weighted by Gasteiger charge is 2.24. The number of carbonyl (C=O) groups is 1. The zero-order chi connectivity index (χ0) is 15.4. The zero-order valence-corrected chi connectivity index (χ0v) is 12.0. The number of rotatable bonds is 3. The van der Waals surface area contributed by atoms with Crippen molar-refractivity contribution < 1.29 is 9.90 Å². The van der Waals surface area contributed by atoms with E-state index in [9.17, 15) is 19.5 Å². The normalized spacial score (nSPS) is 20.3. The van der Waals surface area contributed by atoms with Crippen LogP contribution in [0.5, 0.6) is 0 Å². The monoisotopic (exact) mass is 296 g/mol. The van der Waals surface area contributed by atoms with Crippen molar-refractivity contribution in [2.24, 2.45) is 5.92 Å². The number of aliphatic hydroxyl groups is 1. The first-order valence-corrected chi connectivity index (χ1v) is 6.89. The molecule has 1 aromatic heterocycles. The Kier molecular flexibility index (Phi) is 4.92. The summed E-state index contributed by atoms with van der Waals surface area (Å²) in [6.45, 7) is 4.16. The van der Waals surface area contributed by atoms with Gasteiger partial charge in [0, 0.05) is 63.9 Å². The molecule has 3 N–H and O–H groups in total. The van der Waals surface area contributed by atoms with Gasteiger partial charge in [0.2, 0.25) is 5.91 Å². The molecule has 8 nitrogen and oxygen atoms in total. The number of aromatic amines is 2. The highest BCUT2D eigenvalue weighted by Crippen LogP contribution is 2.11. The van der Waals surface area contributed by atoms with Crippen LogP contribution in [0.2, 0.25) is 0 Å². The van der Waals surface area contributed by atoms with E-state index in [4.69, 9.17) is 0 Å². The summed E-state index contributed by atoms with van der Waals surface area (Å²) in [6, 6.07) is 0. The maximum atomic E-state index is 11.7. The minimum atomic E-state index is -0.532. The highest BCUT2D eigenvalue weighted by atomic mass is 16.3. The summed E-state index contributed by atoms with van der Waals surface area (Å²) >= 11 is 0. The summed E-state index contributed by atoms with van der Waals surface area (Å²) in [5.74, 6) is -0.0598. The molecule has 8 heteroatoms. The van der Waals surface area contributed by atoms with Crippen molar-refractivity contribution in [1.82, 2.24) is 19.8 Å². The summed E-state index contributed by atoms with van der Waals surface area (Å²) in [4.78, 5) is 42.6.